The number of carboxylic acids is 2. The molecule has 0 aromatic heterocycles. The van der Waals surface area contributed by atoms with E-state index in [0.717, 1.165) is 56.8 Å². The van der Waals surface area contributed by atoms with E-state index in [1.165, 1.54) is 6.92 Å². The van der Waals surface area contributed by atoms with Gasteiger partial charge in [0, 0.05) is 19.6 Å². The summed E-state index contributed by atoms with van der Waals surface area (Å²) in [4.78, 5) is 155. The van der Waals surface area contributed by atoms with Gasteiger partial charge in [-0.05, 0) is 58.3 Å². The number of hydrogen-bond acceptors (Lipinski definition) is 19. The van der Waals surface area contributed by atoms with Crippen LogP contribution >= 0.6 is 0 Å². The molecule has 18 N–H and O–H groups in total. The van der Waals surface area contributed by atoms with Crippen LogP contribution in [0.1, 0.15) is 124 Å². The Labute approximate surface area is 467 Å². The Morgan fingerprint density at radius 3 is 1.64 bits per heavy atom. The largest absolute Gasteiger partial charge is 0.479 e. The third-order valence-electron chi connectivity index (χ3n) is 14.0. The molecule has 3 saturated heterocycles. The Morgan fingerprint density at radius 2 is 1.11 bits per heavy atom. The maximum atomic E-state index is 14.1. The number of nitrogens with one attached hydrogen (secondary N) is 6. The summed E-state index contributed by atoms with van der Waals surface area (Å²) in [5, 5.41) is 97.3. The van der Waals surface area contributed by atoms with Gasteiger partial charge < -0.3 is 98.8 Å². The number of hydrogen-bond donors (Lipinski definition) is 16. The van der Waals surface area contributed by atoms with Crippen molar-refractivity contribution in [1.29, 1.82) is 0 Å². The van der Waals surface area contributed by atoms with Crippen molar-refractivity contribution >= 4 is 71.1 Å². The summed E-state index contributed by atoms with van der Waals surface area (Å²) in [6.45, 7) is 4.31. The third kappa shape index (κ3) is 20.9. The van der Waals surface area contributed by atoms with Crippen LogP contribution in [0.15, 0.2) is 4.99 Å². The van der Waals surface area contributed by atoms with Crippen molar-refractivity contribution in [2.75, 3.05) is 26.2 Å². The molecular formula is C50H83N11O20. The molecule has 0 spiro atoms. The van der Waals surface area contributed by atoms with Crippen molar-refractivity contribution in [3.63, 3.8) is 0 Å². The van der Waals surface area contributed by atoms with Crippen LogP contribution in [0, 0.1) is 5.92 Å². The van der Waals surface area contributed by atoms with Gasteiger partial charge in [0.25, 0.3) is 0 Å². The lowest BCUT2D eigenvalue weighted by molar-refractivity contribution is -0.165. The number of rotatable bonds is 21. The first-order valence-corrected chi connectivity index (χ1v) is 27.3. The van der Waals surface area contributed by atoms with Crippen LogP contribution in [0.2, 0.25) is 0 Å². The number of fused-ring (bicyclic) bond motifs is 2. The Bertz CT molecular complexity index is 2230. The van der Waals surface area contributed by atoms with Crippen LogP contribution < -0.4 is 43.4 Å². The number of unbranched alkanes of at least 4 members (excludes halogenated alkanes) is 7. The second kappa shape index (κ2) is 33.2. The lowest BCUT2D eigenvalue weighted by Crippen LogP contribution is -2.64. The molecular weight excluding hydrogens is 1070 g/mol. The first kappa shape index (κ1) is 68.5. The zero-order chi connectivity index (χ0) is 60.8. The molecule has 3 unspecified atom stereocenters. The highest BCUT2D eigenvalue weighted by Gasteiger charge is 2.48. The zero-order valence-corrected chi connectivity index (χ0v) is 46.1. The minimum atomic E-state index is -2.81. The van der Waals surface area contributed by atoms with Crippen LogP contribution in [0.5, 0.6) is 0 Å². The van der Waals surface area contributed by atoms with E-state index < -0.39 is 176 Å². The standard InChI is InChI=1S/C50H83N11O20/c1-24(2)14-11-9-7-5-6-8-10-12-15-27-22-32(66)57-33(26(4)63)41(70)54-25(3)45(74)60-20-17-30(64)36(60)43(72)55-28(16-13-19-53-50(51)52)40(69)58-34(38(67)47(76)77)42(71)56-29(23-62)46(75)61-21-18-31(65)37(61)44(73)59-35(49(80)81-27)39(68)48(78)79/h24-31,33-39,62-65,67-68H,5-23H2,1-4H3,(H,54,70)(H,55,72)(H,56,71)(H,57,66)(H,58,69)(H,59,73)(H,76,77)(H,78,79)(H4,51,52,53)/t25-,26+,27?,28-,29-,30+,31-,33-,34-,35+,36-,37-,38?,39?/m0/s1. The number of ether oxygens (including phenoxy) is 1. The number of carbonyl (C=O) groups is 11. The minimum Gasteiger partial charge on any atom is -0.479 e. The number of aliphatic hydroxyl groups is 6. The number of nitrogens with zero attached hydrogens (tertiary/aromatic N) is 3. The Morgan fingerprint density at radius 1 is 0.617 bits per heavy atom. The number of carbonyl (C=O) groups excluding carboxylic acids is 9. The summed E-state index contributed by atoms with van der Waals surface area (Å²) in [6, 6.07) is -16.2. The fourth-order valence-corrected chi connectivity index (χ4v) is 9.57. The number of aliphatic hydroxyl groups excluding tert-OH is 6. The van der Waals surface area contributed by atoms with Crippen molar-refractivity contribution in [2.24, 2.45) is 22.4 Å². The maximum Gasteiger partial charge on any atom is 0.335 e. The number of amides is 8. The van der Waals surface area contributed by atoms with Gasteiger partial charge >= 0.3 is 17.9 Å². The molecule has 458 valence electrons. The average Bonchev–Trinajstić information content (AvgIpc) is 3.99. The summed E-state index contributed by atoms with van der Waals surface area (Å²) >= 11 is 0. The summed E-state index contributed by atoms with van der Waals surface area (Å²) in [6.07, 6.45) is -6.30. The van der Waals surface area contributed by atoms with Gasteiger partial charge in [-0.2, -0.15) is 0 Å². The maximum absolute atomic E-state index is 14.1. The second-order valence-electron chi connectivity index (χ2n) is 21.0. The molecule has 0 aliphatic carbocycles. The van der Waals surface area contributed by atoms with Crippen molar-refractivity contribution in [2.45, 2.75) is 209 Å². The van der Waals surface area contributed by atoms with E-state index in [4.69, 9.17) is 16.2 Å². The molecule has 0 aromatic rings. The molecule has 3 rings (SSSR count). The highest BCUT2D eigenvalue weighted by atomic mass is 16.5. The average molecular weight is 1160 g/mol. The van der Waals surface area contributed by atoms with Gasteiger partial charge in [-0.1, -0.05) is 65.2 Å². The molecule has 8 amide bonds. The number of nitrogens with two attached hydrogens (primary N) is 2. The van der Waals surface area contributed by atoms with Gasteiger partial charge in [0.2, 0.25) is 47.3 Å². The molecule has 31 nitrogen and oxygen atoms in total. The van der Waals surface area contributed by atoms with Gasteiger partial charge in [0.05, 0.1) is 31.3 Å². The molecule has 0 aromatic carbocycles. The van der Waals surface area contributed by atoms with Crippen molar-refractivity contribution < 1.29 is 98.3 Å². The molecule has 81 heavy (non-hydrogen) atoms. The molecule has 3 heterocycles. The first-order valence-electron chi connectivity index (χ1n) is 27.3. The molecule has 31 heteroatoms. The van der Waals surface area contributed by atoms with Gasteiger partial charge in [-0.15, -0.1) is 0 Å². The number of cyclic esters (lactones) is 1. The number of esters is 1. The summed E-state index contributed by atoms with van der Waals surface area (Å²) in [5.74, 6) is -15.7. The van der Waals surface area contributed by atoms with Gasteiger partial charge in [0.15, 0.2) is 24.2 Å². The molecule has 0 saturated carbocycles. The predicted octanol–water partition coefficient (Wildman–Crippen LogP) is -5.97. The van der Waals surface area contributed by atoms with Gasteiger partial charge in [0.1, 0.15) is 48.4 Å². The highest BCUT2D eigenvalue weighted by Crippen LogP contribution is 2.23. The minimum absolute atomic E-state index is 0.0739. The Balaban J connectivity index is 2.12. The summed E-state index contributed by atoms with van der Waals surface area (Å²) in [7, 11) is 0. The third-order valence-corrected chi connectivity index (χ3v) is 14.0. The fourth-order valence-electron chi connectivity index (χ4n) is 9.57. The highest BCUT2D eigenvalue weighted by molar-refractivity contribution is 6.00. The molecule has 3 fully saturated rings. The van der Waals surface area contributed by atoms with Gasteiger partial charge in [-0.25, -0.2) is 14.4 Å². The topological polar surface area (TPSA) is 502 Å². The molecule has 3 aliphatic heterocycles. The van der Waals surface area contributed by atoms with Crippen LogP contribution in [-0.2, 0) is 57.5 Å². The van der Waals surface area contributed by atoms with E-state index in [0.29, 0.717) is 23.7 Å². The molecule has 0 radical (unpaired) electrons. The monoisotopic (exact) mass is 1160 g/mol. The predicted molar refractivity (Wildman–Crippen MR) is 281 cm³/mol. The van der Waals surface area contributed by atoms with E-state index in [2.05, 4.69) is 34.8 Å². The fraction of sp³-hybridized carbons (Fsp3) is 0.760. The van der Waals surface area contributed by atoms with E-state index in [1.807, 2.05) is 16.0 Å². The van der Waals surface area contributed by atoms with Crippen LogP contribution in [0.3, 0.4) is 0 Å². The lowest BCUT2D eigenvalue weighted by Gasteiger charge is -2.32. The Kier molecular flexibility index (Phi) is 28.1. The van der Waals surface area contributed by atoms with Crippen molar-refractivity contribution in [1.82, 2.24) is 41.7 Å². The quantitative estimate of drug-likeness (QED) is 0.0220. The SMILES string of the molecule is CC(C)CCCCCCCCCCC1CC(=O)N[C@@H]([C@@H](C)O)C(=O)N[C@@H](C)C(=O)N2CC[C@@H](O)[C@H]2C(=O)N[C@@H](CCCN=C(N)N)C(=O)N[C@@H](C(O)C(=O)O)C(=O)N[C@@H](CO)C(=O)N2CC[C@H](O)[C@H]2C(=O)N[C@H](C(O)C(=O)O)C(=O)O1. The van der Waals surface area contributed by atoms with E-state index in [-0.39, 0.29) is 44.7 Å². The van der Waals surface area contributed by atoms with Gasteiger partial charge in [-0.3, -0.25) is 43.3 Å². The smallest absolute Gasteiger partial charge is 0.335 e. The molecule has 0 bridgehead atoms. The van der Waals surface area contributed by atoms with E-state index in [9.17, 15) is 93.6 Å². The van der Waals surface area contributed by atoms with Crippen molar-refractivity contribution in [3.8, 4) is 0 Å². The van der Waals surface area contributed by atoms with Crippen LogP contribution in [0.25, 0.3) is 0 Å². The zero-order valence-electron chi connectivity index (χ0n) is 46.1. The first-order chi connectivity index (χ1) is 38.1. The molecule has 3 aliphatic rings. The molecule has 14 atom stereocenters. The van der Waals surface area contributed by atoms with Crippen LogP contribution in [-0.4, -0.2) is 233 Å². The Hall–Kier alpha value is -6.80. The number of guanidine groups is 1. The summed E-state index contributed by atoms with van der Waals surface area (Å²) < 4.78 is 5.60. The summed E-state index contributed by atoms with van der Waals surface area (Å²) in [5.41, 5.74) is 10.8. The number of aliphatic carboxylic acids is 2. The second-order valence-corrected chi connectivity index (χ2v) is 21.0. The number of carboxylic acid groups (broad SMARTS) is 2. The van der Waals surface area contributed by atoms with Crippen molar-refractivity contribution in [3.05, 3.63) is 0 Å². The van der Waals surface area contributed by atoms with E-state index >= 15 is 0 Å². The lowest BCUT2D eigenvalue weighted by atomic mass is 10.0. The normalized spacial score (nSPS) is 28.3. The number of aliphatic imine (C=N–C) groups is 1. The van der Waals surface area contributed by atoms with Crippen LogP contribution in [0.4, 0.5) is 0 Å². The van der Waals surface area contributed by atoms with E-state index in [1.54, 1.807) is 0 Å².